The molecule has 1 unspecified atom stereocenters. The summed E-state index contributed by atoms with van der Waals surface area (Å²) in [5.41, 5.74) is 1.01. The first-order chi connectivity index (χ1) is 8.13. The van der Waals surface area contributed by atoms with Crippen molar-refractivity contribution in [3.63, 3.8) is 0 Å². The third kappa shape index (κ3) is 4.95. The highest BCUT2D eigenvalue weighted by atomic mass is 16.4. The van der Waals surface area contributed by atoms with Crippen LogP contribution in [0, 0.1) is 0 Å². The average molecular weight is 239 g/mol. The monoisotopic (exact) mass is 239 g/mol. The Hall–Kier alpha value is -1.43. The summed E-state index contributed by atoms with van der Waals surface area (Å²) in [6.07, 6.45) is -1.43. The van der Waals surface area contributed by atoms with Crippen molar-refractivity contribution in [2.24, 2.45) is 0 Å². The number of hydrogen-bond donors (Lipinski definition) is 3. The van der Waals surface area contributed by atoms with Gasteiger partial charge in [-0.15, -0.1) is 0 Å². The molecule has 3 N–H and O–H groups in total. The minimum Gasteiger partial charge on any atom is -0.479 e. The van der Waals surface area contributed by atoms with Crippen LogP contribution in [-0.2, 0) is 11.3 Å². The van der Waals surface area contributed by atoms with E-state index in [0.717, 1.165) is 5.56 Å². The number of aliphatic hydroxyl groups excluding tert-OH is 2. The van der Waals surface area contributed by atoms with Crippen molar-refractivity contribution in [3.05, 3.63) is 35.9 Å². The first-order valence-electron chi connectivity index (χ1n) is 5.41. The van der Waals surface area contributed by atoms with Crippen molar-refractivity contribution in [2.75, 3.05) is 19.7 Å². The Kier molecular flexibility index (Phi) is 5.62. The van der Waals surface area contributed by atoms with Gasteiger partial charge in [0, 0.05) is 19.6 Å². The highest BCUT2D eigenvalue weighted by Gasteiger charge is 2.17. The number of rotatable bonds is 7. The fraction of sp³-hybridized carbons (Fsp3) is 0.417. The molecular weight excluding hydrogens is 222 g/mol. The molecule has 0 bridgehead atoms. The van der Waals surface area contributed by atoms with Crippen LogP contribution >= 0.6 is 0 Å². The fourth-order valence-corrected chi connectivity index (χ4v) is 1.54. The smallest absolute Gasteiger partial charge is 0.333 e. The maximum Gasteiger partial charge on any atom is 0.333 e. The third-order valence-corrected chi connectivity index (χ3v) is 2.38. The first-order valence-corrected chi connectivity index (χ1v) is 5.41. The molecule has 0 amide bonds. The van der Waals surface area contributed by atoms with Crippen molar-refractivity contribution in [1.82, 2.24) is 4.90 Å². The second kappa shape index (κ2) is 7.01. The zero-order chi connectivity index (χ0) is 12.7. The van der Waals surface area contributed by atoms with E-state index in [9.17, 15) is 9.90 Å². The van der Waals surface area contributed by atoms with Crippen LogP contribution in [0.1, 0.15) is 5.56 Å². The van der Waals surface area contributed by atoms with Crippen LogP contribution in [0.5, 0.6) is 0 Å². The lowest BCUT2D eigenvalue weighted by Crippen LogP contribution is -2.38. The molecular formula is C12H17NO4. The predicted octanol–water partition coefficient (Wildman–Crippen LogP) is -0.0736. The summed E-state index contributed by atoms with van der Waals surface area (Å²) >= 11 is 0. The van der Waals surface area contributed by atoms with Crippen molar-refractivity contribution < 1.29 is 20.1 Å². The average Bonchev–Trinajstić information content (AvgIpc) is 2.30. The second-order valence-corrected chi connectivity index (χ2v) is 3.80. The van der Waals surface area contributed by atoms with Crippen LogP contribution in [0.25, 0.3) is 0 Å². The summed E-state index contributed by atoms with van der Waals surface area (Å²) in [7, 11) is 0. The maximum atomic E-state index is 10.6. The van der Waals surface area contributed by atoms with Crippen molar-refractivity contribution >= 4 is 5.97 Å². The lowest BCUT2D eigenvalue weighted by atomic mass is 10.2. The molecule has 0 radical (unpaired) electrons. The molecule has 0 spiro atoms. The van der Waals surface area contributed by atoms with Crippen LogP contribution in [0.3, 0.4) is 0 Å². The normalized spacial score (nSPS) is 12.6. The quantitative estimate of drug-likeness (QED) is 0.620. The van der Waals surface area contributed by atoms with Gasteiger partial charge in [0.1, 0.15) is 0 Å². The molecule has 17 heavy (non-hydrogen) atoms. The zero-order valence-electron chi connectivity index (χ0n) is 9.49. The lowest BCUT2D eigenvalue weighted by molar-refractivity contribution is -0.147. The Balaban J connectivity index is 2.57. The minimum absolute atomic E-state index is 0.00475. The topological polar surface area (TPSA) is 81.0 Å². The van der Waals surface area contributed by atoms with Crippen molar-refractivity contribution in [2.45, 2.75) is 12.6 Å². The molecule has 0 aliphatic heterocycles. The molecule has 1 rings (SSSR count). The summed E-state index contributed by atoms with van der Waals surface area (Å²) in [4.78, 5) is 12.3. The van der Waals surface area contributed by atoms with Gasteiger partial charge in [-0.25, -0.2) is 4.79 Å². The highest BCUT2D eigenvalue weighted by Crippen LogP contribution is 2.05. The zero-order valence-corrected chi connectivity index (χ0v) is 9.49. The van der Waals surface area contributed by atoms with Crippen LogP contribution in [0.2, 0.25) is 0 Å². The van der Waals surface area contributed by atoms with E-state index < -0.39 is 12.1 Å². The Bertz CT molecular complexity index is 342. The van der Waals surface area contributed by atoms with E-state index in [1.165, 1.54) is 0 Å². The van der Waals surface area contributed by atoms with Gasteiger partial charge in [-0.05, 0) is 5.56 Å². The van der Waals surface area contributed by atoms with E-state index in [1.807, 2.05) is 30.3 Å². The summed E-state index contributed by atoms with van der Waals surface area (Å²) in [5.74, 6) is -1.25. The molecule has 0 aromatic heterocycles. The summed E-state index contributed by atoms with van der Waals surface area (Å²) in [6.45, 7) is 0.773. The first kappa shape index (κ1) is 13.6. The second-order valence-electron chi connectivity index (χ2n) is 3.80. The van der Waals surface area contributed by atoms with Crippen LogP contribution in [-0.4, -0.2) is 52.0 Å². The van der Waals surface area contributed by atoms with Gasteiger partial charge in [0.2, 0.25) is 0 Å². The minimum atomic E-state index is -1.43. The molecule has 0 aliphatic rings. The standard InChI is InChI=1S/C12H17NO4/c14-7-6-13(9-11(15)12(16)17)8-10-4-2-1-3-5-10/h1-5,11,14-15H,6-9H2,(H,16,17). The van der Waals surface area contributed by atoms with Gasteiger partial charge in [-0.3, -0.25) is 4.90 Å². The largest absolute Gasteiger partial charge is 0.479 e. The van der Waals surface area contributed by atoms with Crippen LogP contribution in [0.15, 0.2) is 30.3 Å². The van der Waals surface area contributed by atoms with Crippen molar-refractivity contribution in [3.8, 4) is 0 Å². The molecule has 0 saturated heterocycles. The molecule has 5 heteroatoms. The SMILES string of the molecule is O=C(O)C(O)CN(CCO)Cc1ccccc1. The van der Waals surface area contributed by atoms with E-state index in [2.05, 4.69) is 0 Å². The molecule has 1 aromatic rings. The van der Waals surface area contributed by atoms with Gasteiger partial charge < -0.3 is 15.3 Å². The Morgan fingerprint density at radius 1 is 1.29 bits per heavy atom. The molecule has 0 fully saturated rings. The van der Waals surface area contributed by atoms with Gasteiger partial charge in [-0.2, -0.15) is 0 Å². The van der Waals surface area contributed by atoms with Crippen LogP contribution in [0.4, 0.5) is 0 Å². The number of carboxylic acid groups (broad SMARTS) is 1. The molecule has 5 nitrogen and oxygen atoms in total. The summed E-state index contributed by atoms with van der Waals surface area (Å²) in [5, 5.41) is 26.8. The molecule has 0 heterocycles. The number of nitrogens with zero attached hydrogens (tertiary/aromatic N) is 1. The van der Waals surface area contributed by atoms with Crippen LogP contribution < -0.4 is 0 Å². The Morgan fingerprint density at radius 3 is 2.47 bits per heavy atom. The molecule has 0 saturated carbocycles. The van der Waals surface area contributed by atoms with E-state index >= 15 is 0 Å². The van der Waals surface area contributed by atoms with Gasteiger partial charge in [0.15, 0.2) is 6.10 Å². The van der Waals surface area contributed by atoms with Crippen molar-refractivity contribution in [1.29, 1.82) is 0 Å². The summed E-state index contributed by atoms with van der Waals surface area (Å²) < 4.78 is 0. The number of aliphatic carboxylic acids is 1. The van der Waals surface area contributed by atoms with E-state index in [4.69, 9.17) is 10.2 Å². The fourth-order valence-electron chi connectivity index (χ4n) is 1.54. The van der Waals surface area contributed by atoms with E-state index in [-0.39, 0.29) is 13.2 Å². The number of aliphatic hydroxyl groups is 2. The molecule has 1 aromatic carbocycles. The number of hydrogen-bond acceptors (Lipinski definition) is 4. The predicted molar refractivity (Wildman–Crippen MR) is 62.4 cm³/mol. The van der Waals surface area contributed by atoms with Gasteiger partial charge in [0.05, 0.1) is 6.61 Å². The summed E-state index contributed by atoms with van der Waals surface area (Å²) in [6, 6.07) is 9.50. The number of carboxylic acids is 1. The van der Waals surface area contributed by atoms with Gasteiger partial charge >= 0.3 is 5.97 Å². The lowest BCUT2D eigenvalue weighted by Gasteiger charge is -2.22. The van der Waals surface area contributed by atoms with E-state index in [1.54, 1.807) is 4.90 Å². The number of benzene rings is 1. The Labute approximate surface area is 99.9 Å². The molecule has 1 atom stereocenters. The highest BCUT2D eigenvalue weighted by molar-refractivity contribution is 5.72. The maximum absolute atomic E-state index is 10.6. The van der Waals surface area contributed by atoms with E-state index in [0.29, 0.717) is 13.1 Å². The third-order valence-electron chi connectivity index (χ3n) is 2.38. The van der Waals surface area contributed by atoms with Gasteiger partial charge in [0.25, 0.3) is 0 Å². The molecule has 94 valence electrons. The Morgan fingerprint density at radius 2 is 1.94 bits per heavy atom. The van der Waals surface area contributed by atoms with Gasteiger partial charge in [-0.1, -0.05) is 30.3 Å². The molecule has 0 aliphatic carbocycles. The number of carbonyl (C=O) groups is 1.